The third kappa shape index (κ3) is 6.97. The topological polar surface area (TPSA) is 137 Å². The number of nitrogens with one attached hydrogen (secondary N) is 2. The van der Waals surface area contributed by atoms with Gasteiger partial charge in [0.25, 0.3) is 0 Å². The number of hydrogen-bond donors (Lipinski definition) is 3. The van der Waals surface area contributed by atoms with E-state index in [9.17, 15) is 19.7 Å². The Morgan fingerprint density at radius 2 is 1.81 bits per heavy atom. The number of amides is 2. The largest absolute Gasteiger partial charge is 0.465 e. The number of rotatable bonds is 7. The molecule has 9 nitrogen and oxygen atoms in total. The molecule has 27 heavy (non-hydrogen) atoms. The van der Waals surface area contributed by atoms with Gasteiger partial charge in [-0.25, -0.2) is 4.79 Å². The molecule has 2 aliphatic carbocycles. The molecule has 3 unspecified atom stereocenters. The molecule has 2 fully saturated rings. The fraction of sp³-hybridized carbons (Fsp3) is 0.889. The predicted octanol–water partition coefficient (Wildman–Crippen LogP) is 1.71. The van der Waals surface area contributed by atoms with Crippen molar-refractivity contribution in [2.45, 2.75) is 88.9 Å². The van der Waals surface area contributed by atoms with Gasteiger partial charge < -0.3 is 21.1 Å². The summed E-state index contributed by atoms with van der Waals surface area (Å²) in [6.07, 6.45) is 6.66. The van der Waals surface area contributed by atoms with Crippen molar-refractivity contribution in [2.24, 2.45) is 11.7 Å². The van der Waals surface area contributed by atoms with Gasteiger partial charge in [0.1, 0.15) is 6.04 Å². The van der Waals surface area contributed by atoms with Gasteiger partial charge in [-0.2, -0.15) is 0 Å². The highest BCUT2D eigenvalue weighted by Crippen LogP contribution is 2.28. The lowest BCUT2D eigenvalue weighted by molar-refractivity contribution is -0.526. The number of urea groups is 1. The minimum absolute atomic E-state index is 0.0926. The van der Waals surface area contributed by atoms with Crippen LogP contribution in [0.1, 0.15) is 64.7 Å². The molecule has 0 aromatic carbocycles. The quantitative estimate of drug-likeness (QED) is 0.347. The maximum Gasteiger partial charge on any atom is 0.322 e. The molecule has 0 aliphatic heterocycles. The normalized spacial score (nSPS) is 29.4. The van der Waals surface area contributed by atoms with E-state index in [1.165, 1.54) is 0 Å². The van der Waals surface area contributed by atoms with Crippen LogP contribution >= 0.6 is 0 Å². The molecular weight excluding hydrogens is 352 g/mol. The van der Waals surface area contributed by atoms with Gasteiger partial charge in [0, 0.05) is 29.8 Å². The zero-order valence-corrected chi connectivity index (χ0v) is 16.0. The summed E-state index contributed by atoms with van der Waals surface area (Å²) < 4.78 is 4.94. The molecule has 0 heterocycles. The van der Waals surface area contributed by atoms with Crippen LogP contribution < -0.4 is 16.4 Å². The Bertz CT molecular complexity index is 522. The molecule has 2 amide bonds. The molecule has 154 valence electrons. The van der Waals surface area contributed by atoms with Gasteiger partial charge in [-0.1, -0.05) is 0 Å². The van der Waals surface area contributed by atoms with Crippen LogP contribution in [0.4, 0.5) is 4.79 Å². The van der Waals surface area contributed by atoms with E-state index in [-0.39, 0.29) is 29.0 Å². The first kappa shape index (κ1) is 21.4. The summed E-state index contributed by atoms with van der Waals surface area (Å²) in [5.41, 5.74) is 5.88. The van der Waals surface area contributed by atoms with E-state index in [1.54, 1.807) is 6.92 Å². The van der Waals surface area contributed by atoms with Gasteiger partial charge in [0.15, 0.2) is 0 Å². The molecule has 2 aliphatic rings. The van der Waals surface area contributed by atoms with Gasteiger partial charge in [-0.05, 0) is 57.8 Å². The zero-order valence-electron chi connectivity index (χ0n) is 16.0. The molecule has 0 aromatic heterocycles. The number of nitrogens with two attached hydrogens (primary N) is 1. The molecule has 9 heteroatoms. The third-order valence-electron chi connectivity index (χ3n) is 5.64. The Morgan fingerprint density at radius 1 is 1.15 bits per heavy atom. The van der Waals surface area contributed by atoms with Crippen LogP contribution in [-0.4, -0.2) is 47.7 Å². The number of nitro groups is 1. The van der Waals surface area contributed by atoms with E-state index in [0.717, 1.165) is 38.5 Å². The maximum absolute atomic E-state index is 12.2. The molecule has 0 bridgehead atoms. The van der Waals surface area contributed by atoms with E-state index < -0.39 is 12.1 Å². The van der Waals surface area contributed by atoms with E-state index in [4.69, 9.17) is 10.5 Å². The predicted molar refractivity (Wildman–Crippen MR) is 99.7 cm³/mol. The van der Waals surface area contributed by atoms with Gasteiger partial charge in [0.2, 0.25) is 6.04 Å². The lowest BCUT2D eigenvalue weighted by atomic mass is 9.82. The highest BCUT2D eigenvalue weighted by molar-refractivity contribution is 5.75. The van der Waals surface area contributed by atoms with Crippen molar-refractivity contribution >= 4 is 12.0 Å². The highest BCUT2D eigenvalue weighted by atomic mass is 16.6. The summed E-state index contributed by atoms with van der Waals surface area (Å²) in [6.45, 7) is 2.10. The number of carbonyl (C=O) groups excluding carboxylic acids is 2. The average molecular weight is 384 g/mol. The lowest BCUT2D eigenvalue weighted by Gasteiger charge is -2.31. The summed E-state index contributed by atoms with van der Waals surface area (Å²) in [5.74, 6) is 0.0161. The van der Waals surface area contributed by atoms with E-state index in [0.29, 0.717) is 31.8 Å². The number of esters is 1. The van der Waals surface area contributed by atoms with Crippen LogP contribution in [0.2, 0.25) is 0 Å². The van der Waals surface area contributed by atoms with E-state index in [2.05, 4.69) is 10.6 Å². The standard InChI is InChI=1S/C18H32N4O5/c1-2-27-17(23)16(19)10-12-6-8-13(9-7-12)20-18(24)21-14-4-3-5-15(11-14)22(25)26/h12-16H,2-11,19H2,1H3,(H2,20,21,24). The maximum atomic E-state index is 12.2. The van der Waals surface area contributed by atoms with Gasteiger partial charge in [-0.3, -0.25) is 14.9 Å². The molecular formula is C18H32N4O5. The minimum Gasteiger partial charge on any atom is -0.465 e. The van der Waals surface area contributed by atoms with Crippen molar-refractivity contribution in [1.82, 2.24) is 10.6 Å². The SMILES string of the molecule is CCOC(=O)C(N)CC1CCC(NC(=O)NC2CCCC([N+](=O)[O-])C2)CC1. The highest BCUT2D eigenvalue weighted by Gasteiger charge is 2.31. The number of hydrogen-bond acceptors (Lipinski definition) is 6. The van der Waals surface area contributed by atoms with Crippen LogP contribution in [0.5, 0.6) is 0 Å². The van der Waals surface area contributed by atoms with Crippen molar-refractivity contribution in [3.05, 3.63) is 10.1 Å². The van der Waals surface area contributed by atoms with Crippen molar-refractivity contribution < 1.29 is 19.2 Å². The Hall–Kier alpha value is -1.90. The second-order valence-electron chi connectivity index (χ2n) is 7.73. The molecule has 0 aromatic rings. The van der Waals surface area contributed by atoms with Gasteiger partial charge in [0.05, 0.1) is 6.61 Å². The molecule has 0 saturated heterocycles. The molecule has 3 atom stereocenters. The first-order chi connectivity index (χ1) is 12.9. The third-order valence-corrected chi connectivity index (χ3v) is 5.64. The van der Waals surface area contributed by atoms with Crippen LogP contribution in [0.3, 0.4) is 0 Å². The molecule has 0 radical (unpaired) electrons. The average Bonchev–Trinajstić information content (AvgIpc) is 2.63. The lowest BCUT2D eigenvalue weighted by Crippen LogP contribution is -2.49. The Kier molecular flexibility index (Phi) is 8.27. The van der Waals surface area contributed by atoms with Crippen molar-refractivity contribution in [2.75, 3.05) is 6.61 Å². The second kappa shape index (κ2) is 10.4. The first-order valence-corrected chi connectivity index (χ1v) is 10.0. The molecule has 2 rings (SSSR count). The summed E-state index contributed by atoms with van der Waals surface area (Å²) in [7, 11) is 0. The van der Waals surface area contributed by atoms with Crippen LogP contribution in [0.25, 0.3) is 0 Å². The fourth-order valence-corrected chi connectivity index (χ4v) is 4.15. The molecule has 4 N–H and O–H groups in total. The van der Waals surface area contributed by atoms with E-state index in [1.807, 2.05) is 0 Å². The van der Waals surface area contributed by atoms with Crippen LogP contribution in [0.15, 0.2) is 0 Å². The van der Waals surface area contributed by atoms with Crippen molar-refractivity contribution in [1.29, 1.82) is 0 Å². The second-order valence-corrected chi connectivity index (χ2v) is 7.73. The summed E-state index contributed by atoms with van der Waals surface area (Å²) in [5, 5.41) is 16.8. The monoisotopic (exact) mass is 384 g/mol. The van der Waals surface area contributed by atoms with Crippen LogP contribution in [0, 0.1) is 16.0 Å². The van der Waals surface area contributed by atoms with Gasteiger partial charge in [-0.15, -0.1) is 0 Å². The van der Waals surface area contributed by atoms with Gasteiger partial charge >= 0.3 is 12.0 Å². The number of carbonyl (C=O) groups is 2. The first-order valence-electron chi connectivity index (χ1n) is 10.0. The Balaban J connectivity index is 1.67. The summed E-state index contributed by atoms with van der Waals surface area (Å²) in [6, 6.07) is -1.41. The smallest absolute Gasteiger partial charge is 0.322 e. The Morgan fingerprint density at radius 3 is 2.44 bits per heavy atom. The fourth-order valence-electron chi connectivity index (χ4n) is 4.15. The number of nitrogens with zero attached hydrogens (tertiary/aromatic N) is 1. The summed E-state index contributed by atoms with van der Waals surface area (Å²) in [4.78, 5) is 34.5. The van der Waals surface area contributed by atoms with Crippen molar-refractivity contribution in [3.63, 3.8) is 0 Å². The van der Waals surface area contributed by atoms with E-state index >= 15 is 0 Å². The van der Waals surface area contributed by atoms with Crippen molar-refractivity contribution in [3.8, 4) is 0 Å². The zero-order chi connectivity index (χ0) is 19.8. The Labute approximate surface area is 159 Å². The summed E-state index contributed by atoms with van der Waals surface area (Å²) >= 11 is 0. The van der Waals surface area contributed by atoms with Crippen LogP contribution in [-0.2, 0) is 9.53 Å². The number of ether oxygens (including phenoxy) is 1. The molecule has 2 saturated carbocycles. The minimum atomic E-state index is -0.580. The molecule has 0 spiro atoms.